The molecule has 1 heterocycles. The van der Waals surface area contributed by atoms with Gasteiger partial charge in [-0.2, -0.15) is 0 Å². The Balaban J connectivity index is 1.75. The zero-order chi connectivity index (χ0) is 19.4. The summed E-state index contributed by atoms with van der Waals surface area (Å²) in [5.74, 6) is 1.14. The summed E-state index contributed by atoms with van der Waals surface area (Å²) in [6, 6.07) is 12.0. The van der Waals surface area contributed by atoms with Crippen molar-refractivity contribution in [2.75, 3.05) is 14.2 Å². The van der Waals surface area contributed by atoms with Gasteiger partial charge in [-0.1, -0.05) is 17.7 Å². The van der Waals surface area contributed by atoms with E-state index in [1.807, 2.05) is 31.2 Å². The van der Waals surface area contributed by atoms with E-state index >= 15 is 0 Å². The molecule has 0 aliphatic rings. The normalized spacial score (nSPS) is 11.4. The Hall–Kier alpha value is -2.91. The number of ether oxygens (including phenoxy) is 2. The maximum absolute atomic E-state index is 12.6. The number of nitrogens with zero attached hydrogens (tertiary/aromatic N) is 2. The van der Waals surface area contributed by atoms with Gasteiger partial charge in [0.05, 0.1) is 20.8 Å². The fraction of sp³-hybridized carbons (Fsp3) is 0.222. The lowest BCUT2D eigenvalue weighted by molar-refractivity contribution is 0.385. The van der Waals surface area contributed by atoms with Crippen molar-refractivity contribution < 1.29 is 22.3 Å². The zero-order valence-corrected chi connectivity index (χ0v) is 15.9. The molecule has 2 aromatic carbocycles. The maximum Gasteiger partial charge on any atom is 0.247 e. The Morgan fingerprint density at radius 3 is 2.44 bits per heavy atom. The van der Waals surface area contributed by atoms with E-state index in [1.54, 1.807) is 6.07 Å². The topological polar surface area (TPSA) is 104 Å². The second-order valence-electron chi connectivity index (χ2n) is 5.71. The van der Waals surface area contributed by atoms with Crippen molar-refractivity contribution >= 4 is 10.0 Å². The molecule has 0 amide bonds. The van der Waals surface area contributed by atoms with Crippen molar-refractivity contribution in [3.8, 4) is 23.0 Å². The first-order valence-corrected chi connectivity index (χ1v) is 9.52. The molecule has 27 heavy (non-hydrogen) atoms. The minimum Gasteiger partial charge on any atom is -0.497 e. The molecule has 0 radical (unpaired) electrons. The third-order valence-electron chi connectivity index (χ3n) is 3.84. The number of aromatic nitrogens is 2. The van der Waals surface area contributed by atoms with Crippen molar-refractivity contribution in [2.24, 2.45) is 0 Å². The van der Waals surface area contributed by atoms with Crippen LogP contribution in [-0.4, -0.2) is 32.8 Å². The molecule has 3 aromatic rings. The van der Waals surface area contributed by atoms with Gasteiger partial charge < -0.3 is 13.9 Å². The second kappa shape index (κ2) is 7.77. The maximum atomic E-state index is 12.6. The number of aryl methyl sites for hydroxylation is 1. The highest BCUT2D eigenvalue weighted by Crippen LogP contribution is 2.28. The van der Waals surface area contributed by atoms with Crippen LogP contribution in [0.15, 0.2) is 51.8 Å². The highest BCUT2D eigenvalue weighted by molar-refractivity contribution is 7.89. The fourth-order valence-electron chi connectivity index (χ4n) is 2.37. The molecule has 3 rings (SSSR count). The van der Waals surface area contributed by atoms with E-state index in [1.165, 1.54) is 26.4 Å². The first-order chi connectivity index (χ1) is 12.9. The molecular formula is C18H19N3O5S. The molecule has 0 spiro atoms. The number of rotatable bonds is 7. The van der Waals surface area contributed by atoms with Crippen LogP contribution in [0.3, 0.4) is 0 Å². The molecule has 0 saturated heterocycles. The van der Waals surface area contributed by atoms with E-state index in [0.717, 1.165) is 11.1 Å². The van der Waals surface area contributed by atoms with Crippen LogP contribution in [0.2, 0.25) is 0 Å². The SMILES string of the molecule is COc1ccc(S(=O)(=O)NCc2nnc(-c3ccc(C)cc3)o2)c(OC)c1. The fourth-order valence-corrected chi connectivity index (χ4v) is 3.49. The number of methoxy groups -OCH3 is 2. The van der Waals surface area contributed by atoms with E-state index in [-0.39, 0.29) is 23.1 Å². The van der Waals surface area contributed by atoms with Crippen LogP contribution in [0, 0.1) is 6.92 Å². The van der Waals surface area contributed by atoms with Gasteiger partial charge >= 0.3 is 0 Å². The van der Waals surface area contributed by atoms with Crippen molar-refractivity contribution in [1.82, 2.24) is 14.9 Å². The van der Waals surface area contributed by atoms with Gasteiger partial charge in [0.2, 0.25) is 21.8 Å². The van der Waals surface area contributed by atoms with Crippen LogP contribution in [0.4, 0.5) is 0 Å². The van der Waals surface area contributed by atoms with Crippen LogP contribution < -0.4 is 14.2 Å². The van der Waals surface area contributed by atoms with E-state index < -0.39 is 10.0 Å². The highest BCUT2D eigenvalue weighted by Gasteiger charge is 2.21. The first-order valence-electron chi connectivity index (χ1n) is 8.04. The molecule has 9 heteroatoms. The van der Waals surface area contributed by atoms with E-state index in [4.69, 9.17) is 13.9 Å². The molecule has 1 aromatic heterocycles. The summed E-state index contributed by atoms with van der Waals surface area (Å²) >= 11 is 0. The van der Waals surface area contributed by atoms with Gasteiger partial charge in [-0.25, -0.2) is 13.1 Å². The predicted molar refractivity (Wildman–Crippen MR) is 98.0 cm³/mol. The van der Waals surface area contributed by atoms with Crippen LogP contribution >= 0.6 is 0 Å². The lowest BCUT2D eigenvalue weighted by Crippen LogP contribution is -2.24. The van der Waals surface area contributed by atoms with E-state index in [2.05, 4.69) is 14.9 Å². The molecule has 0 bridgehead atoms. The summed E-state index contributed by atoms with van der Waals surface area (Å²) in [6.07, 6.45) is 0. The van der Waals surface area contributed by atoms with Gasteiger partial charge in [0, 0.05) is 11.6 Å². The molecular weight excluding hydrogens is 370 g/mol. The highest BCUT2D eigenvalue weighted by atomic mass is 32.2. The standard InChI is InChI=1S/C18H19N3O5S/c1-12-4-6-13(7-5-12)18-21-20-17(26-18)11-19-27(22,23)16-9-8-14(24-2)10-15(16)25-3/h4-10,19H,11H2,1-3H3. The Morgan fingerprint density at radius 2 is 1.78 bits per heavy atom. The monoisotopic (exact) mass is 389 g/mol. The predicted octanol–water partition coefficient (Wildman–Crippen LogP) is 2.54. The summed E-state index contributed by atoms with van der Waals surface area (Å²) in [5, 5.41) is 7.84. The molecule has 0 unspecified atom stereocenters. The molecule has 0 aliphatic carbocycles. The van der Waals surface area contributed by atoms with Gasteiger partial charge in [-0.3, -0.25) is 0 Å². The number of nitrogens with one attached hydrogen (secondary N) is 1. The summed E-state index contributed by atoms with van der Waals surface area (Å²) in [7, 11) is -0.968. The second-order valence-corrected chi connectivity index (χ2v) is 7.44. The number of hydrogen-bond donors (Lipinski definition) is 1. The first kappa shape index (κ1) is 18.9. The Bertz CT molecular complexity index is 1030. The largest absolute Gasteiger partial charge is 0.497 e. The van der Waals surface area contributed by atoms with Crippen LogP contribution in [0.1, 0.15) is 11.5 Å². The van der Waals surface area contributed by atoms with Crippen LogP contribution in [-0.2, 0) is 16.6 Å². The number of sulfonamides is 1. The number of benzene rings is 2. The lowest BCUT2D eigenvalue weighted by Gasteiger charge is -2.11. The van der Waals surface area contributed by atoms with Crippen molar-refractivity contribution in [2.45, 2.75) is 18.4 Å². The minimum absolute atomic E-state index is 0.0101. The van der Waals surface area contributed by atoms with Gasteiger partial charge in [0.25, 0.3) is 0 Å². The van der Waals surface area contributed by atoms with Gasteiger partial charge in [0.15, 0.2) is 0 Å². The minimum atomic E-state index is -3.85. The van der Waals surface area contributed by atoms with Crippen LogP contribution in [0.25, 0.3) is 11.5 Å². The van der Waals surface area contributed by atoms with E-state index in [0.29, 0.717) is 11.6 Å². The smallest absolute Gasteiger partial charge is 0.247 e. The average molecular weight is 389 g/mol. The Kier molecular flexibility index (Phi) is 5.43. The number of hydrogen-bond acceptors (Lipinski definition) is 7. The van der Waals surface area contributed by atoms with E-state index in [9.17, 15) is 8.42 Å². The van der Waals surface area contributed by atoms with Crippen molar-refractivity contribution in [3.63, 3.8) is 0 Å². The van der Waals surface area contributed by atoms with Gasteiger partial charge in [-0.05, 0) is 31.2 Å². The quantitative estimate of drug-likeness (QED) is 0.662. The molecule has 0 aliphatic heterocycles. The molecule has 0 fully saturated rings. The molecule has 8 nitrogen and oxygen atoms in total. The molecule has 1 N–H and O–H groups in total. The Labute approximate surface area is 157 Å². The van der Waals surface area contributed by atoms with Crippen molar-refractivity contribution in [1.29, 1.82) is 0 Å². The summed E-state index contributed by atoms with van der Waals surface area (Å²) < 4.78 is 43.3. The van der Waals surface area contributed by atoms with Gasteiger partial charge in [0.1, 0.15) is 16.4 Å². The lowest BCUT2D eigenvalue weighted by atomic mass is 10.1. The molecule has 142 valence electrons. The molecule has 0 saturated carbocycles. The summed E-state index contributed by atoms with van der Waals surface area (Å²) in [6.45, 7) is 1.83. The zero-order valence-electron chi connectivity index (χ0n) is 15.1. The third kappa shape index (κ3) is 4.26. The van der Waals surface area contributed by atoms with Crippen LogP contribution in [0.5, 0.6) is 11.5 Å². The summed E-state index contributed by atoms with van der Waals surface area (Å²) in [4.78, 5) is -0.0101. The van der Waals surface area contributed by atoms with Crippen molar-refractivity contribution in [3.05, 3.63) is 53.9 Å². The molecule has 0 atom stereocenters. The summed E-state index contributed by atoms with van der Waals surface area (Å²) in [5.41, 5.74) is 1.87. The van der Waals surface area contributed by atoms with Gasteiger partial charge in [-0.15, -0.1) is 10.2 Å². The Morgan fingerprint density at radius 1 is 1.04 bits per heavy atom. The third-order valence-corrected chi connectivity index (χ3v) is 5.28. The average Bonchev–Trinajstić information content (AvgIpc) is 3.15.